The van der Waals surface area contributed by atoms with Gasteiger partial charge in [-0.2, -0.15) is 0 Å². The van der Waals surface area contributed by atoms with Gasteiger partial charge in [-0.1, -0.05) is 60.7 Å². The van der Waals surface area contributed by atoms with Gasteiger partial charge in [0.15, 0.2) is 0 Å². The summed E-state index contributed by atoms with van der Waals surface area (Å²) in [6.07, 6.45) is 3.26. The Morgan fingerprint density at radius 2 is 1.71 bits per heavy atom. The highest BCUT2D eigenvalue weighted by atomic mass is 16.4. The third-order valence-corrected chi connectivity index (χ3v) is 6.14. The van der Waals surface area contributed by atoms with Crippen LogP contribution in [0.25, 0.3) is 0 Å². The molecule has 28 heavy (non-hydrogen) atoms. The zero-order valence-electron chi connectivity index (χ0n) is 15.8. The van der Waals surface area contributed by atoms with E-state index >= 15 is 0 Å². The molecule has 5 nitrogen and oxygen atoms in total. The monoisotopic (exact) mass is 378 g/mol. The number of rotatable bonds is 7. The molecule has 1 amide bonds. The molecule has 4 atom stereocenters. The van der Waals surface area contributed by atoms with Crippen molar-refractivity contribution < 1.29 is 14.7 Å². The molecule has 0 aliphatic carbocycles. The number of fused-ring (bicyclic) bond motifs is 2. The van der Waals surface area contributed by atoms with E-state index in [-0.39, 0.29) is 36.5 Å². The predicted octanol–water partition coefficient (Wildman–Crippen LogP) is 3.02. The largest absolute Gasteiger partial charge is 0.481 e. The van der Waals surface area contributed by atoms with Gasteiger partial charge in [0.05, 0.1) is 18.5 Å². The number of nitrogens with zero attached hydrogens (tertiary/aromatic N) is 1. The fourth-order valence-corrected chi connectivity index (χ4v) is 4.81. The van der Waals surface area contributed by atoms with Crippen molar-refractivity contribution in [1.82, 2.24) is 10.2 Å². The fraction of sp³-hybridized carbons (Fsp3) is 0.391. The molecule has 4 unspecified atom stereocenters. The van der Waals surface area contributed by atoms with Gasteiger partial charge >= 0.3 is 5.97 Å². The minimum Gasteiger partial charge on any atom is -0.481 e. The maximum Gasteiger partial charge on any atom is 0.308 e. The topological polar surface area (TPSA) is 69.6 Å². The quantitative estimate of drug-likeness (QED) is 0.777. The molecule has 0 saturated carbocycles. The van der Waals surface area contributed by atoms with Crippen molar-refractivity contribution in [2.45, 2.75) is 43.8 Å². The Hall–Kier alpha value is -2.66. The third kappa shape index (κ3) is 3.94. The van der Waals surface area contributed by atoms with Gasteiger partial charge in [-0.05, 0) is 36.8 Å². The minimum atomic E-state index is -0.733. The minimum absolute atomic E-state index is 0.00227. The lowest BCUT2D eigenvalue weighted by atomic mass is 9.89. The number of carbonyl (C=O) groups is 2. The zero-order valence-corrected chi connectivity index (χ0v) is 15.8. The van der Waals surface area contributed by atoms with Crippen molar-refractivity contribution >= 4 is 11.9 Å². The third-order valence-electron chi connectivity index (χ3n) is 6.14. The summed E-state index contributed by atoms with van der Waals surface area (Å²) in [5, 5.41) is 12.6. The average Bonchev–Trinajstić information content (AvgIpc) is 3.26. The Labute approximate surface area is 165 Å². The van der Waals surface area contributed by atoms with Gasteiger partial charge in [0.25, 0.3) is 0 Å². The predicted molar refractivity (Wildman–Crippen MR) is 107 cm³/mol. The molecule has 0 aromatic heterocycles. The summed E-state index contributed by atoms with van der Waals surface area (Å²) in [5.74, 6) is -1.10. The summed E-state index contributed by atoms with van der Waals surface area (Å²) in [5.41, 5.74) is 2.25. The highest BCUT2D eigenvalue weighted by Gasteiger charge is 2.49. The highest BCUT2D eigenvalue weighted by molar-refractivity contribution is 5.79. The first-order valence-corrected chi connectivity index (χ1v) is 9.98. The second-order valence-corrected chi connectivity index (χ2v) is 7.87. The molecular weight excluding hydrogens is 352 g/mol. The lowest BCUT2D eigenvalue weighted by molar-refractivity contribution is -0.143. The zero-order chi connectivity index (χ0) is 19.5. The highest BCUT2D eigenvalue weighted by Crippen LogP contribution is 2.41. The van der Waals surface area contributed by atoms with E-state index in [0.29, 0.717) is 6.42 Å². The van der Waals surface area contributed by atoms with E-state index in [0.717, 1.165) is 24.8 Å². The van der Waals surface area contributed by atoms with Gasteiger partial charge in [-0.3, -0.25) is 14.5 Å². The number of hydrogen-bond donors (Lipinski definition) is 2. The van der Waals surface area contributed by atoms with Crippen LogP contribution < -0.4 is 5.32 Å². The molecule has 2 aromatic carbocycles. The van der Waals surface area contributed by atoms with Crippen LogP contribution in [0.1, 0.15) is 36.4 Å². The van der Waals surface area contributed by atoms with E-state index in [4.69, 9.17) is 0 Å². The summed E-state index contributed by atoms with van der Waals surface area (Å²) >= 11 is 0. The molecular formula is C23H26N2O3. The average molecular weight is 378 g/mol. The Morgan fingerprint density at radius 1 is 1.04 bits per heavy atom. The number of amides is 1. The van der Waals surface area contributed by atoms with Gasteiger partial charge < -0.3 is 10.4 Å². The van der Waals surface area contributed by atoms with Crippen molar-refractivity contribution in [2.75, 3.05) is 6.54 Å². The normalized spacial score (nSPS) is 24.8. The smallest absolute Gasteiger partial charge is 0.308 e. The van der Waals surface area contributed by atoms with E-state index < -0.39 is 5.97 Å². The van der Waals surface area contributed by atoms with Crippen molar-refractivity contribution in [3.05, 3.63) is 71.8 Å². The van der Waals surface area contributed by atoms with Crippen LogP contribution >= 0.6 is 0 Å². The Balaban J connectivity index is 1.45. The number of carbonyl (C=O) groups excluding carboxylic acids is 1. The second kappa shape index (κ2) is 8.15. The maximum atomic E-state index is 12.9. The summed E-state index contributed by atoms with van der Waals surface area (Å²) < 4.78 is 0. The number of carboxylic acids is 1. The molecule has 0 spiro atoms. The molecule has 2 aliphatic rings. The van der Waals surface area contributed by atoms with Crippen LogP contribution in [0.2, 0.25) is 0 Å². The van der Waals surface area contributed by atoms with E-state index in [1.54, 1.807) is 0 Å². The molecule has 2 bridgehead atoms. The summed E-state index contributed by atoms with van der Waals surface area (Å²) in [6.45, 7) is 0.275. The standard InChI is InChI=1S/C23H26N2O3/c26-22(15-25-18-11-12-21(25)19(14-18)23(27)28)24-20(17-9-5-2-6-10-17)13-16-7-3-1-4-8-16/h1-10,18-21H,11-15H2,(H,24,26)(H,27,28). The first-order chi connectivity index (χ1) is 13.6. The summed E-state index contributed by atoms with van der Waals surface area (Å²) in [7, 11) is 0. The maximum absolute atomic E-state index is 12.9. The number of nitrogens with one attached hydrogen (secondary N) is 1. The summed E-state index contributed by atoms with van der Waals surface area (Å²) in [6, 6.07) is 20.3. The molecule has 2 N–H and O–H groups in total. The van der Waals surface area contributed by atoms with Crippen LogP contribution in [0.5, 0.6) is 0 Å². The van der Waals surface area contributed by atoms with Gasteiger partial charge in [0.1, 0.15) is 0 Å². The lowest BCUT2D eigenvalue weighted by Gasteiger charge is -2.25. The van der Waals surface area contributed by atoms with Crippen LogP contribution in [-0.4, -0.2) is 40.5 Å². The molecule has 2 aromatic rings. The van der Waals surface area contributed by atoms with Crippen LogP contribution in [0.4, 0.5) is 0 Å². The van der Waals surface area contributed by atoms with Crippen LogP contribution in [0.3, 0.4) is 0 Å². The molecule has 146 valence electrons. The van der Waals surface area contributed by atoms with E-state index in [1.807, 2.05) is 48.5 Å². The number of hydrogen-bond acceptors (Lipinski definition) is 3. The van der Waals surface area contributed by atoms with Gasteiger partial charge in [0, 0.05) is 12.1 Å². The first kappa shape index (κ1) is 18.7. The van der Waals surface area contributed by atoms with Crippen LogP contribution in [-0.2, 0) is 16.0 Å². The van der Waals surface area contributed by atoms with E-state index in [1.165, 1.54) is 5.56 Å². The first-order valence-electron chi connectivity index (χ1n) is 9.98. The Morgan fingerprint density at radius 3 is 2.36 bits per heavy atom. The van der Waals surface area contributed by atoms with E-state index in [2.05, 4.69) is 22.3 Å². The van der Waals surface area contributed by atoms with Crippen molar-refractivity contribution in [1.29, 1.82) is 0 Å². The Bertz CT molecular complexity index is 824. The van der Waals surface area contributed by atoms with Gasteiger partial charge in [-0.15, -0.1) is 0 Å². The number of aliphatic carboxylic acids is 1. The van der Waals surface area contributed by atoms with Crippen molar-refractivity contribution in [3.63, 3.8) is 0 Å². The molecule has 2 heterocycles. The fourth-order valence-electron chi connectivity index (χ4n) is 4.81. The molecule has 2 fully saturated rings. The van der Waals surface area contributed by atoms with Crippen molar-refractivity contribution in [2.24, 2.45) is 5.92 Å². The molecule has 4 rings (SSSR count). The second-order valence-electron chi connectivity index (χ2n) is 7.87. The molecule has 5 heteroatoms. The molecule has 0 radical (unpaired) electrons. The van der Waals surface area contributed by atoms with Crippen molar-refractivity contribution in [3.8, 4) is 0 Å². The molecule has 2 saturated heterocycles. The van der Waals surface area contributed by atoms with Crippen LogP contribution in [0.15, 0.2) is 60.7 Å². The molecule has 2 aliphatic heterocycles. The SMILES string of the molecule is O=C(CN1C2CCC1C(C(=O)O)C2)NC(Cc1ccccc1)c1ccccc1. The number of carboxylic acid groups (broad SMARTS) is 1. The van der Waals surface area contributed by atoms with E-state index in [9.17, 15) is 14.7 Å². The van der Waals surface area contributed by atoms with Crippen LogP contribution in [0, 0.1) is 5.92 Å². The Kier molecular flexibility index (Phi) is 5.44. The number of benzene rings is 2. The van der Waals surface area contributed by atoms with Gasteiger partial charge in [0.2, 0.25) is 5.91 Å². The lowest BCUT2D eigenvalue weighted by Crippen LogP contribution is -2.42. The van der Waals surface area contributed by atoms with Gasteiger partial charge in [-0.25, -0.2) is 0 Å². The summed E-state index contributed by atoms with van der Waals surface area (Å²) in [4.78, 5) is 26.4.